The number of aryl methyl sites for hydroxylation is 1. The van der Waals surface area contributed by atoms with E-state index in [1.54, 1.807) is 16.7 Å². The molecular formula is C23H22N4O2S. The minimum atomic E-state index is -0.358. The smallest absolute Gasteiger partial charge is 0.263 e. The maximum absolute atomic E-state index is 12.9. The number of nitrogens with zero attached hydrogens (tertiary/aromatic N) is 4. The van der Waals surface area contributed by atoms with Gasteiger partial charge in [-0.3, -0.25) is 18.6 Å². The van der Waals surface area contributed by atoms with Crippen LogP contribution in [0.2, 0.25) is 0 Å². The summed E-state index contributed by atoms with van der Waals surface area (Å²) in [6.45, 7) is 8.02. The first-order valence-corrected chi connectivity index (χ1v) is 10.7. The van der Waals surface area contributed by atoms with Crippen molar-refractivity contribution in [2.45, 2.75) is 37.2 Å². The Morgan fingerprint density at radius 2 is 1.90 bits per heavy atom. The molecule has 30 heavy (non-hydrogen) atoms. The molecule has 7 heteroatoms. The lowest BCUT2D eigenvalue weighted by Gasteiger charge is -2.12. The van der Waals surface area contributed by atoms with Gasteiger partial charge in [0.15, 0.2) is 10.9 Å². The van der Waals surface area contributed by atoms with Crippen LogP contribution in [0.25, 0.3) is 16.7 Å². The van der Waals surface area contributed by atoms with Crippen molar-refractivity contribution in [1.29, 1.82) is 0 Å². The number of benzene rings is 2. The van der Waals surface area contributed by atoms with Gasteiger partial charge in [-0.05, 0) is 31.0 Å². The molecule has 2 aromatic carbocycles. The molecule has 2 heterocycles. The summed E-state index contributed by atoms with van der Waals surface area (Å²) in [6, 6.07) is 15.1. The normalized spacial score (nSPS) is 12.3. The fourth-order valence-electron chi connectivity index (χ4n) is 3.45. The van der Waals surface area contributed by atoms with Crippen molar-refractivity contribution in [3.63, 3.8) is 0 Å². The van der Waals surface area contributed by atoms with E-state index in [0.717, 1.165) is 11.9 Å². The first-order chi connectivity index (χ1) is 14.5. The van der Waals surface area contributed by atoms with Crippen LogP contribution in [0.1, 0.15) is 29.8 Å². The predicted molar refractivity (Wildman–Crippen MR) is 120 cm³/mol. The topological polar surface area (TPSA) is 69.3 Å². The van der Waals surface area contributed by atoms with Crippen LogP contribution in [0.3, 0.4) is 0 Å². The zero-order valence-electron chi connectivity index (χ0n) is 16.9. The molecule has 0 aliphatic carbocycles. The van der Waals surface area contributed by atoms with E-state index in [-0.39, 0.29) is 16.6 Å². The number of Topliss-reactive ketones (excluding diaryl/α,β-unsaturated/α-hetero) is 1. The number of para-hydroxylation sites is 1. The van der Waals surface area contributed by atoms with E-state index in [1.807, 2.05) is 53.8 Å². The molecule has 0 saturated carbocycles. The minimum Gasteiger partial charge on any atom is -0.293 e. The molecular weight excluding hydrogens is 396 g/mol. The predicted octanol–water partition coefficient (Wildman–Crippen LogP) is 4.16. The molecule has 1 atom stereocenters. The van der Waals surface area contributed by atoms with Crippen LogP contribution < -0.4 is 5.56 Å². The molecule has 4 rings (SSSR count). The van der Waals surface area contributed by atoms with E-state index in [4.69, 9.17) is 0 Å². The molecule has 0 saturated heterocycles. The summed E-state index contributed by atoms with van der Waals surface area (Å²) in [7, 11) is 0. The Labute approximate surface area is 178 Å². The quantitative estimate of drug-likeness (QED) is 0.256. The van der Waals surface area contributed by atoms with E-state index >= 15 is 0 Å². The number of rotatable bonds is 7. The van der Waals surface area contributed by atoms with E-state index in [2.05, 4.69) is 23.7 Å². The van der Waals surface area contributed by atoms with Gasteiger partial charge in [-0.25, -0.2) is 0 Å². The zero-order chi connectivity index (χ0) is 21.3. The molecule has 0 amide bonds. The lowest BCUT2D eigenvalue weighted by atomic mass is 10.1. The van der Waals surface area contributed by atoms with Crippen molar-refractivity contribution in [1.82, 2.24) is 19.2 Å². The Bertz CT molecular complexity index is 1300. The van der Waals surface area contributed by atoms with Crippen molar-refractivity contribution in [3.05, 3.63) is 82.7 Å². The standard InChI is InChI=1S/C23H22N4O2S/c1-4-14-26-21(29)18-8-6-7-9-19(18)27-22(26)24-25-23(27)30-15(3)20(28)17-12-10-16(5-2)11-13-17/h4,6-13,15H,1,5,14H2,2-3H3. The summed E-state index contributed by atoms with van der Waals surface area (Å²) in [4.78, 5) is 25.8. The van der Waals surface area contributed by atoms with Crippen molar-refractivity contribution in [3.8, 4) is 0 Å². The van der Waals surface area contributed by atoms with Gasteiger partial charge in [0.1, 0.15) is 0 Å². The van der Waals surface area contributed by atoms with Crippen molar-refractivity contribution in [2.24, 2.45) is 0 Å². The number of aromatic nitrogens is 4. The Kier molecular flexibility index (Phi) is 5.55. The Morgan fingerprint density at radius 1 is 1.17 bits per heavy atom. The van der Waals surface area contributed by atoms with Crippen LogP contribution >= 0.6 is 11.8 Å². The van der Waals surface area contributed by atoms with Crippen LogP contribution in [0, 0.1) is 0 Å². The molecule has 6 nitrogen and oxygen atoms in total. The highest BCUT2D eigenvalue weighted by molar-refractivity contribution is 8.00. The van der Waals surface area contributed by atoms with Crippen molar-refractivity contribution in [2.75, 3.05) is 0 Å². The third-order valence-electron chi connectivity index (χ3n) is 5.09. The molecule has 0 aliphatic heterocycles. The van der Waals surface area contributed by atoms with Gasteiger partial charge in [0.2, 0.25) is 5.78 Å². The van der Waals surface area contributed by atoms with Gasteiger partial charge in [-0.15, -0.1) is 16.8 Å². The molecule has 2 aromatic heterocycles. The highest BCUT2D eigenvalue weighted by Crippen LogP contribution is 2.27. The maximum Gasteiger partial charge on any atom is 0.263 e. The maximum atomic E-state index is 12.9. The molecule has 0 N–H and O–H groups in total. The fraction of sp³-hybridized carbons (Fsp3) is 0.217. The van der Waals surface area contributed by atoms with Gasteiger partial charge in [0.25, 0.3) is 5.56 Å². The first-order valence-electron chi connectivity index (χ1n) is 9.82. The van der Waals surface area contributed by atoms with Gasteiger partial charge in [-0.2, -0.15) is 0 Å². The van der Waals surface area contributed by atoms with E-state index in [9.17, 15) is 9.59 Å². The van der Waals surface area contributed by atoms with E-state index < -0.39 is 0 Å². The average molecular weight is 419 g/mol. The van der Waals surface area contributed by atoms with Gasteiger partial charge >= 0.3 is 0 Å². The number of allylic oxidation sites excluding steroid dienone is 1. The number of carbonyl (C=O) groups excluding carboxylic acids is 1. The summed E-state index contributed by atoms with van der Waals surface area (Å²) in [6.07, 6.45) is 2.59. The largest absolute Gasteiger partial charge is 0.293 e. The first kappa shape index (κ1) is 20.1. The molecule has 0 bridgehead atoms. The van der Waals surface area contributed by atoms with Gasteiger partial charge in [-0.1, -0.05) is 61.2 Å². The zero-order valence-corrected chi connectivity index (χ0v) is 17.7. The van der Waals surface area contributed by atoms with Gasteiger partial charge in [0.05, 0.1) is 16.2 Å². The van der Waals surface area contributed by atoms with E-state index in [0.29, 0.717) is 28.4 Å². The number of hydrogen-bond donors (Lipinski definition) is 0. The summed E-state index contributed by atoms with van der Waals surface area (Å²) >= 11 is 1.34. The lowest BCUT2D eigenvalue weighted by molar-refractivity contribution is 0.0994. The molecule has 4 aromatic rings. The van der Waals surface area contributed by atoms with Crippen LogP contribution in [0.4, 0.5) is 0 Å². The summed E-state index contributed by atoms with van der Waals surface area (Å²) < 4.78 is 3.39. The average Bonchev–Trinajstić information content (AvgIpc) is 3.19. The van der Waals surface area contributed by atoms with Crippen molar-refractivity contribution >= 4 is 34.2 Å². The lowest BCUT2D eigenvalue weighted by Crippen LogP contribution is -2.23. The molecule has 0 fully saturated rings. The Hall–Kier alpha value is -3.19. The minimum absolute atomic E-state index is 0.0307. The Balaban J connectivity index is 1.76. The summed E-state index contributed by atoms with van der Waals surface area (Å²) in [5.74, 6) is 0.469. The molecule has 0 radical (unpaired) electrons. The number of ketones is 1. The highest BCUT2D eigenvalue weighted by Gasteiger charge is 2.22. The fourth-order valence-corrected chi connectivity index (χ4v) is 4.39. The number of carbonyl (C=O) groups is 1. The summed E-state index contributed by atoms with van der Waals surface area (Å²) in [5.41, 5.74) is 2.45. The second-order valence-corrected chi connectivity index (χ2v) is 8.32. The van der Waals surface area contributed by atoms with Crippen LogP contribution in [-0.2, 0) is 13.0 Å². The van der Waals surface area contributed by atoms with Gasteiger partial charge in [0, 0.05) is 12.1 Å². The monoisotopic (exact) mass is 418 g/mol. The van der Waals surface area contributed by atoms with Crippen LogP contribution in [-0.4, -0.2) is 30.2 Å². The van der Waals surface area contributed by atoms with Crippen LogP contribution in [0.15, 0.2) is 71.1 Å². The highest BCUT2D eigenvalue weighted by atomic mass is 32.2. The van der Waals surface area contributed by atoms with Crippen molar-refractivity contribution < 1.29 is 4.79 Å². The number of thioether (sulfide) groups is 1. The third-order valence-corrected chi connectivity index (χ3v) is 6.13. The molecule has 0 spiro atoms. The van der Waals surface area contributed by atoms with Crippen LogP contribution in [0.5, 0.6) is 0 Å². The third kappa shape index (κ3) is 3.45. The molecule has 0 aliphatic rings. The summed E-state index contributed by atoms with van der Waals surface area (Å²) in [5, 5.41) is 9.34. The van der Waals surface area contributed by atoms with Gasteiger partial charge < -0.3 is 0 Å². The molecule has 152 valence electrons. The number of hydrogen-bond acceptors (Lipinski definition) is 5. The SMILES string of the molecule is C=CCn1c(=O)c2ccccc2n2c(SC(C)C(=O)c3ccc(CC)cc3)nnc12. The molecule has 1 unspecified atom stereocenters. The second-order valence-electron chi connectivity index (χ2n) is 7.01. The Morgan fingerprint density at radius 3 is 2.60 bits per heavy atom. The number of fused-ring (bicyclic) bond motifs is 3. The van der Waals surface area contributed by atoms with E-state index in [1.165, 1.54) is 17.3 Å². The second kappa shape index (κ2) is 8.28.